The molecule has 0 saturated heterocycles. The summed E-state index contributed by atoms with van der Waals surface area (Å²) in [5.74, 6) is 0. The monoisotopic (exact) mass is 498 g/mol. The van der Waals surface area contributed by atoms with Crippen molar-refractivity contribution in [3.05, 3.63) is 145 Å². The van der Waals surface area contributed by atoms with Crippen molar-refractivity contribution in [1.82, 2.24) is 4.57 Å². The molecular formula is C37H26N2. The van der Waals surface area contributed by atoms with Crippen LogP contribution >= 0.6 is 0 Å². The minimum Gasteiger partial charge on any atom is -0.399 e. The highest BCUT2D eigenvalue weighted by Crippen LogP contribution is 2.47. The van der Waals surface area contributed by atoms with Gasteiger partial charge in [0.05, 0.1) is 11.0 Å². The second kappa shape index (κ2) is 8.47. The molecule has 39 heavy (non-hydrogen) atoms. The van der Waals surface area contributed by atoms with Crippen LogP contribution in [0.25, 0.3) is 60.9 Å². The fourth-order valence-electron chi connectivity index (χ4n) is 6.49. The van der Waals surface area contributed by atoms with E-state index in [0.29, 0.717) is 0 Å². The minimum atomic E-state index is 0.813. The van der Waals surface area contributed by atoms with Crippen LogP contribution in [-0.2, 0) is 6.42 Å². The van der Waals surface area contributed by atoms with E-state index in [1.807, 2.05) is 0 Å². The zero-order chi connectivity index (χ0) is 25.9. The normalized spacial score (nSPS) is 12.1. The first kappa shape index (κ1) is 22.0. The van der Waals surface area contributed by atoms with Gasteiger partial charge in [0, 0.05) is 22.1 Å². The molecule has 2 N–H and O–H groups in total. The van der Waals surface area contributed by atoms with Gasteiger partial charge in [-0.05, 0) is 93.4 Å². The van der Waals surface area contributed by atoms with Gasteiger partial charge in [0.15, 0.2) is 0 Å². The van der Waals surface area contributed by atoms with E-state index in [-0.39, 0.29) is 0 Å². The summed E-state index contributed by atoms with van der Waals surface area (Å²) in [4.78, 5) is 0. The molecule has 1 aliphatic rings. The van der Waals surface area contributed by atoms with Crippen molar-refractivity contribution in [1.29, 1.82) is 0 Å². The van der Waals surface area contributed by atoms with Crippen LogP contribution in [0, 0.1) is 0 Å². The molecule has 0 unspecified atom stereocenters. The van der Waals surface area contributed by atoms with Gasteiger partial charge >= 0.3 is 0 Å². The number of nitrogens with two attached hydrogens (primary N) is 1. The average molecular weight is 499 g/mol. The summed E-state index contributed by atoms with van der Waals surface area (Å²) < 4.78 is 2.36. The largest absolute Gasteiger partial charge is 0.399 e. The number of aromatic nitrogens is 1. The van der Waals surface area contributed by atoms with Gasteiger partial charge in [0.25, 0.3) is 0 Å². The van der Waals surface area contributed by atoms with Gasteiger partial charge in [-0.3, -0.25) is 0 Å². The molecule has 0 bridgehead atoms. The lowest BCUT2D eigenvalue weighted by Crippen LogP contribution is -1.94. The third kappa shape index (κ3) is 3.35. The summed E-state index contributed by atoms with van der Waals surface area (Å²) in [7, 11) is 0. The van der Waals surface area contributed by atoms with E-state index in [0.717, 1.165) is 12.1 Å². The zero-order valence-electron chi connectivity index (χ0n) is 21.4. The molecule has 1 heterocycles. The molecule has 184 valence electrons. The van der Waals surface area contributed by atoms with Crippen LogP contribution in [0.2, 0.25) is 0 Å². The lowest BCUT2D eigenvalue weighted by Gasteiger charge is -2.16. The Morgan fingerprint density at radius 3 is 2.05 bits per heavy atom. The molecule has 8 rings (SSSR count). The second-order valence-corrected chi connectivity index (χ2v) is 10.4. The third-order valence-electron chi connectivity index (χ3n) is 8.13. The number of hydrogen-bond donors (Lipinski definition) is 1. The molecule has 1 aliphatic carbocycles. The average Bonchev–Trinajstić information content (AvgIpc) is 3.52. The number of hydrogen-bond acceptors (Lipinski definition) is 1. The number of nitrogens with zero attached hydrogens (tertiary/aromatic N) is 1. The number of fused-ring (bicyclic) bond motifs is 6. The maximum absolute atomic E-state index is 6.48. The Bertz CT molecular complexity index is 2050. The van der Waals surface area contributed by atoms with Gasteiger partial charge in [-0.2, -0.15) is 0 Å². The first-order chi connectivity index (χ1) is 19.3. The maximum atomic E-state index is 6.48. The highest BCUT2D eigenvalue weighted by atomic mass is 15.0. The summed E-state index contributed by atoms with van der Waals surface area (Å²) >= 11 is 0. The highest BCUT2D eigenvalue weighted by molar-refractivity contribution is 6.11. The number of para-hydroxylation sites is 2. The molecule has 0 spiro atoms. The molecule has 0 amide bonds. The van der Waals surface area contributed by atoms with Crippen LogP contribution in [0.15, 0.2) is 133 Å². The Balaban J connectivity index is 1.37. The quantitative estimate of drug-likeness (QED) is 0.242. The van der Waals surface area contributed by atoms with Crippen molar-refractivity contribution in [3.8, 4) is 39.1 Å². The van der Waals surface area contributed by atoms with E-state index >= 15 is 0 Å². The topological polar surface area (TPSA) is 30.9 Å². The number of nitrogen functional groups attached to an aromatic ring is 1. The Hall–Kier alpha value is -5.08. The third-order valence-corrected chi connectivity index (χ3v) is 8.13. The van der Waals surface area contributed by atoms with Gasteiger partial charge in [-0.1, -0.05) is 91.0 Å². The molecule has 7 aromatic rings. The molecule has 6 aromatic carbocycles. The Morgan fingerprint density at radius 1 is 0.487 bits per heavy atom. The fourth-order valence-corrected chi connectivity index (χ4v) is 6.49. The summed E-state index contributed by atoms with van der Waals surface area (Å²) in [6.45, 7) is 0. The van der Waals surface area contributed by atoms with Crippen molar-refractivity contribution >= 4 is 27.5 Å². The van der Waals surface area contributed by atoms with Crippen molar-refractivity contribution in [2.75, 3.05) is 5.73 Å². The SMILES string of the molecule is Nc1cc2c(c(-c3ccccc3-c3ccc4c(c3)c3ccccc3n4-c3ccccc3)c1)-c1ccccc1C2. The lowest BCUT2D eigenvalue weighted by molar-refractivity contribution is 1.18. The van der Waals surface area contributed by atoms with Crippen LogP contribution in [-0.4, -0.2) is 4.57 Å². The van der Waals surface area contributed by atoms with Gasteiger partial charge in [-0.15, -0.1) is 0 Å². The minimum absolute atomic E-state index is 0.813. The van der Waals surface area contributed by atoms with Gasteiger partial charge in [0.2, 0.25) is 0 Å². The predicted octanol–water partition coefficient (Wildman–Crippen LogP) is 9.27. The molecule has 1 aromatic heterocycles. The molecule has 0 aliphatic heterocycles. The molecule has 0 radical (unpaired) electrons. The molecule has 0 saturated carbocycles. The van der Waals surface area contributed by atoms with Crippen molar-refractivity contribution in [2.24, 2.45) is 0 Å². The van der Waals surface area contributed by atoms with Crippen molar-refractivity contribution in [2.45, 2.75) is 6.42 Å². The lowest BCUT2D eigenvalue weighted by atomic mass is 9.88. The first-order valence-electron chi connectivity index (χ1n) is 13.5. The summed E-state index contributed by atoms with van der Waals surface area (Å²) in [5.41, 5.74) is 21.0. The Labute approximate surface area is 227 Å². The molecule has 0 atom stereocenters. The van der Waals surface area contributed by atoms with Gasteiger partial charge < -0.3 is 10.3 Å². The van der Waals surface area contributed by atoms with Crippen molar-refractivity contribution < 1.29 is 0 Å². The van der Waals surface area contributed by atoms with Gasteiger partial charge in [0.1, 0.15) is 0 Å². The Morgan fingerprint density at radius 2 is 1.18 bits per heavy atom. The molecule has 0 fully saturated rings. The summed E-state index contributed by atoms with van der Waals surface area (Å²) in [5, 5.41) is 2.51. The van der Waals surface area contributed by atoms with Crippen LogP contribution < -0.4 is 5.73 Å². The van der Waals surface area contributed by atoms with E-state index in [9.17, 15) is 0 Å². The van der Waals surface area contributed by atoms with Crippen LogP contribution in [0.5, 0.6) is 0 Å². The maximum Gasteiger partial charge on any atom is 0.0541 e. The van der Waals surface area contributed by atoms with Gasteiger partial charge in [-0.25, -0.2) is 0 Å². The van der Waals surface area contributed by atoms with E-state index in [2.05, 4.69) is 138 Å². The van der Waals surface area contributed by atoms with E-state index in [1.54, 1.807) is 0 Å². The summed E-state index contributed by atoms with van der Waals surface area (Å²) in [6, 6.07) is 48.0. The number of benzene rings is 6. The Kier molecular flexibility index (Phi) is 4.77. The second-order valence-electron chi connectivity index (χ2n) is 10.4. The number of anilines is 1. The first-order valence-corrected chi connectivity index (χ1v) is 13.5. The van der Waals surface area contributed by atoms with E-state index in [1.165, 1.54) is 72.0 Å². The molecule has 2 heteroatoms. The zero-order valence-corrected chi connectivity index (χ0v) is 21.4. The molecular weight excluding hydrogens is 472 g/mol. The smallest absolute Gasteiger partial charge is 0.0541 e. The number of rotatable bonds is 3. The summed E-state index contributed by atoms with van der Waals surface area (Å²) in [6.07, 6.45) is 0.927. The van der Waals surface area contributed by atoms with E-state index < -0.39 is 0 Å². The van der Waals surface area contributed by atoms with Crippen LogP contribution in [0.1, 0.15) is 11.1 Å². The van der Waals surface area contributed by atoms with Crippen molar-refractivity contribution in [3.63, 3.8) is 0 Å². The van der Waals surface area contributed by atoms with Crippen LogP contribution in [0.3, 0.4) is 0 Å². The highest BCUT2D eigenvalue weighted by Gasteiger charge is 2.24. The van der Waals surface area contributed by atoms with E-state index in [4.69, 9.17) is 5.73 Å². The predicted molar refractivity (Wildman–Crippen MR) is 164 cm³/mol. The standard InChI is InChI=1S/C37H26N2/c38-27-21-26-20-24-10-4-5-14-30(24)37(26)34(23-27)31-15-7-6-13-29(31)25-18-19-36-33(22-25)32-16-8-9-17-35(32)39(36)28-11-2-1-3-12-28/h1-19,21-23H,20,38H2. The molecule has 2 nitrogen and oxygen atoms in total. The fraction of sp³-hybridized carbons (Fsp3) is 0.0270. The van der Waals surface area contributed by atoms with Crippen LogP contribution in [0.4, 0.5) is 5.69 Å².